The van der Waals surface area contributed by atoms with Gasteiger partial charge < -0.3 is 10.1 Å². The first-order valence-electron chi connectivity index (χ1n) is 5.16. The standard InChI is InChI=1S/C10H19NO/c1-7-3-4-10(12-7)9-5-6-11-8(9)2/h7-11H,3-6H2,1-2H3. The molecular formula is C10H19NO. The van der Waals surface area contributed by atoms with Crippen molar-refractivity contribution in [1.29, 1.82) is 0 Å². The van der Waals surface area contributed by atoms with Crippen molar-refractivity contribution in [3.05, 3.63) is 0 Å². The van der Waals surface area contributed by atoms with Crippen LogP contribution >= 0.6 is 0 Å². The van der Waals surface area contributed by atoms with Crippen LogP contribution in [0.1, 0.15) is 33.1 Å². The fraction of sp³-hybridized carbons (Fsp3) is 1.00. The quantitative estimate of drug-likeness (QED) is 0.643. The molecule has 2 aliphatic heterocycles. The molecule has 2 rings (SSSR count). The molecule has 2 heterocycles. The van der Waals surface area contributed by atoms with Gasteiger partial charge in [0.25, 0.3) is 0 Å². The topological polar surface area (TPSA) is 21.3 Å². The van der Waals surface area contributed by atoms with Crippen molar-refractivity contribution in [2.45, 2.75) is 51.4 Å². The van der Waals surface area contributed by atoms with Crippen LogP contribution in [0.4, 0.5) is 0 Å². The minimum Gasteiger partial charge on any atom is -0.375 e. The zero-order valence-corrected chi connectivity index (χ0v) is 8.05. The fourth-order valence-corrected chi connectivity index (χ4v) is 2.54. The van der Waals surface area contributed by atoms with Gasteiger partial charge in [-0.25, -0.2) is 0 Å². The first-order valence-corrected chi connectivity index (χ1v) is 5.16. The summed E-state index contributed by atoms with van der Waals surface area (Å²) in [6.45, 7) is 5.65. The van der Waals surface area contributed by atoms with E-state index in [9.17, 15) is 0 Å². The highest BCUT2D eigenvalue weighted by molar-refractivity contribution is 4.88. The lowest BCUT2D eigenvalue weighted by atomic mass is 9.93. The Morgan fingerprint density at radius 3 is 2.50 bits per heavy atom. The lowest BCUT2D eigenvalue weighted by Gasteiger charge is -2.22. The van der Waals surface area contributed by atoms with Crippen molar-refractivity contribution in [2.75, 3.05) is 6.54 Å². The molecule has 70 valence electrons. The van der Waals surface area contributed by atoms with E-state index in [1.165, 1.54) is 25.8 Å². The summed E-state index contributed by atoms with van der Waals surface area (Å²) in [6.07, 6.45) is 4.89. The molecule has 0 aromatic heterocycles. The largest absolute Gasteiger partial charge is 0.375 e. The minimum absolute atomic E-state index is 0.503. The van der Waals surface area contributed by atoms with Crippen LogP contribution in [0.15, 0.2) is 0 Å². The molecule has 2 aliphatic rings. The van der Waals surface area contributed by atoms with Gasteiger partial charge in [-0.3, -0.25) is 0 Å². The summed E-state index contributed by atoms with van der Waals surface area (Å²) in [5.41, 5.74) is 0. The molecule has 2 saturated heterocycles. The van der Waals surface area contributed by atoms with E-state index in [-0.39, 0.29) is 0 Å². The van der Waals surface area contributed by atoms with Crippen molar-refractivity contribution in [1.82, 2.24) is 5.32 Å². The van der Waals surface area contributed by atoms with Crippen LogP contribution in [0.2, 0.25) is 0 Å². The molecule has 2 nitrogen and oxygen atoms in total. The number of nitrogens with one attached hydrogen (secondary N) is 1. The Kier molecular flexibility index (Phi) is 2.37. The molecule has 0 aliphatic carbocycles. The summed E-state index contributed by atoms with van der Waals surface area (Å²) in [6, 6.07) is 0.667. The van der Waals surface area contributed by atoms with E-state index < -0.39 is 0 Å². The van der Waals surface area contributed by atoms with Crippen molar-refractivity contribution >= 4 is 0 Å². The molecule has 0 bridgehead atoms. The van der Waals surface area contributed by atoms with Crippen molar-refractivity contribution < 1.29 is 4.74 Å². The molecule has 4 atom stereocenters. The van der Waals surface area contributed by atoms with Crippen LogP contribution in [0, 0.1) is 5.92 Å². The second kappa shape index (κ2) is 3.35. The summed E-state index contributed by atoms with van der Waals surface area (Å²) >= 11 is 0. The van der Waals surface area contributed by atoms with Gasteiger partial charge in [-0.05, 0) is 39.7 Å². The average molecular weight is 169 g/mol. The van der Waals surface area contributed by atoms with Gasteiger partial charge in [0, 0.05) is 12.0 Å². The zero-order chi connectivity index (χ0) is 8.55. The summed E-state index contributed by atoms with van der Waals surface area (Å²) in [7, 11) is 0. The molecule has 0 spiro atoms. The van der Waals surface area contributed by atoms with Gasteiger partial charge in [-0.15, -0.1) is 0 Å². The first kappa shape index (κ1) is 8.52. The van der Waals surface area contributed by atoms with Crippen molar-refractivity contribution in [3.8, 4) is 0 Å². The van der Waals surface area contributed by atoms with Gasteiger partial charge in [0.15, 0.2) is 0 Å². The molecule has 12 heavy (non-hydrogen) atoms. The maximum atomic E-state index is 5.88. The second-order valence-electron chi connectivity index (χ2n) is 4.26. The van der Waals surface area contributed by atoms with Crippen LogP contribution in [-0.4, -0.2) is 24.8 Å². The SMILES string of the molecule is CC1CCC(C2CCNC2C)O1. The highest BCUT2D eigenvalue weighted by Crippen LogP contribution is 2.31. The first-order chi connectivity index (χ1) is 5.77. The maximum absolute atomic E-state index is 5.88. The molecule has 0 saturated carbocycles. The number of rotatable bonds is 1. The highest BCUT2D eigenvalue weighted by Gasteiger charge is 2.35. The van der Waals surface area contributed by atoms with Crippen LogP contribution in [-0.2, 0) is 4.74 Å². The molecular weight excluding hydrogens is 150 g/mol. The van der Waals surface area contributed by atoms with Gasteiger partial charge in [-0.2, -0.15) is 0 Å². The third-order valence-corrected chi connectivity index (χ3v) is 3.33. The van der Waals surface area contributed by atoms with E-state index in [4.69, 9.17) is 4.74 Å². The summed E-state index contributed by atoms with van der Waals surface area (Å²) in [5, 5.41) is 3.48. The monoisotopic (exact) mass is 169 g/mol. The molecule has 0 amide bonds. The lowest BCUT2D eigenvalue weighted by Crippen LogP contribution is -2.31. The smallest absolute Gasteiger partial charge is 0.0623 e. The summed E-state index contributed by atoms with van der Waals surface area (Å²) in [4.78, 5) is 0. The van der Waals surface area contributed by atoms with Crippen molar-refractivity contribution in [2.24, 2.45) is 5.92 Å². The predicted molar refractivity (Wildman–Crippen MR) is 49.1 cm³/mol. The van der Waals surface area contributed by atoms with Crippen LogP contribution in [0.5, 0.6) is 0 Å². The number of hydrogen-bond donors (Lipinski definition) is 1. The molecule has 0 radical (unpaired) electrons. The molecule has 0 aromatic carbocycles. The van der Waals surface area contributed by atoms with Gasteiger partial charge in [0.1, 0.15) is 0 Å². The Hall–Kier alpha value is -0.0800. The van der Waals surface area contributed by atoms with Gasteiger partial charge in [-0.1, -0.05) is 0 Å². The van der Waals surface area contributed by atoms with Crippen LogP contribution in [0.25, 0.3) is 0 Å². The molecule has 4 unspecified atom stereocenters. The van der Waals surface area contributed by atoms with E-state index in [0.717, 1.165) is 5.92 Å². The Morgan fingerprint density at radius 1 is 1.17 bits per heavy atom. The zero-order valence-electron chi connectivity index (χ0n) is 8.05. The fourth-order valence-electron chi connectivity index (χ4n) is 2.54. The number of hydrogen-bond acceptors (Lipinski definition) is 2. The normalized spacial score (nSPS) is 48.5. The third-order valence-electron chi connectivity index (χ3n) is 3.33. The van der Waals surface area contributed by atoms with E-state index in [1.54, 1.807) is 0 Å². The van der Waals surface area contributed by atoms with E-state index in [0.29, 0.717) is 18.2 Å². The molecule has 1 N–H and O–H groups in total. The Bertz CT molecular complexity index is 160. The van der Waals surface area contributed by atoms with Gasteiger partial charge in [0.05, 0.1) is 12.2 Å². The van der Waals surface area contributed by atoms with Crippen LogP contribution < -0.4 is 5.32 Å². The predicted octanol–water partition coefficient (Wildman–Crippen LogP) is 1.55. The van der Waals surface area contributed by atoms with Crippen LogP contribution in [0.3, 0.4) is 0 Å². The molecule has 2 fully saturated rings. The highest BCUT2D eigenvalue weighted by atomic mass is 16.5. The Morgan fingerprint density at radius 2 is 2.00 bits per heavy atom. The summed E-state index contributed by atoms with van der Waals surface area (Å²) < 4.78 is 5.88. The number of ether oxygens (including phenoxy) is 1. The van der Waals surface area contributed by atoms with Gasteiger partial charge >= 0.3 is 0 Å². The van der Waals surface area contributed by atoms with Gasteiger partial charge in [0.2, 0.25) is 0 Å². The Balaban J connectivity index is 1.91. The third kappa shape index (κ3) is 1.50. The van der Waals surface area contributed by atoms with E-state index in [2.05, 4.69) is 19.2 Å². The molecule has 2 heteroatoms. The second-order valence-corrected chi connectivity index (χ2v) is 4.26. The summed E-state index contributed by atoms with van der Waals surface area (Å²) in [5.74, 6) is 0.773. The average Bonchev–Trinajstić information content (AvgIpc) is 2.58. The van der Waals surface area contributed by atoms with E-state index >= 15 is 0 Å². The van der Waals surface area contributed by atoms with E-state index in [1.807, 2.05) is 0 Å². The Labute approximate surface area is 74.7 Å². The van der Waals surface area contributed by atoms with Crippen molar-refractivity contribution in [3.63, 3.8) is 0 Å². The molecule has 0 aromatic rings. The minimum atomic E-state index is 0.503. The maximum Gasteiger partial charge on any atom is 0.0623 e. The lowest BCUT2D eigenvalue weighted by molar-refractivity contribution is 0.0173.